The number of carbonyl (C=O) groups is 3. The summed E-state index contributed by atoms with van der Waals surface area (Å²) >= 11 is 6.06. The van der Waals surface area contributed by atoms with Crippen LogP contribution in [0.3, 0.4) is 0 Å². The Balaban J connectivity index is 2.03. The van der Waals surface area contributed by atoms with Gasteiger partial charge in [0, 0.05) is 18.5 Å². The number of halogens is 1. The highest BCUT2D eigenvalue weighted by Crippen LogP contribution is 2.33. The molecule has 1 aliphatic rings. The summed E-state index contributed by atoms with van der Waals surface area (Å²) in [6, 6.07) is 3.26. The van der Waals surface area contributed by atoms with Crippen molar-refractivity contribution >= 4 is 40.8 Å². The smallest absolute Gasteiger partial charge is 0.303 e. The van der Waals surface area contributed by atoms with Gasteiger partial charge in [0.05, 0.1) is 17.1 Å². The number of nitrogens with one attached hydrogen (secondary N) is 2. The highest BCUT2D eigenvalue weighted by Gasteiger charge is 2.20. The van der Waals surface area contributed by atoms with E-state index in [0.29, 0.717) is 16.4 Å². The van der Waals surface area contributed by atoms with Crippen LogP contribution in [-0.4, -0.2) is 22.9 Å². The Morgan fingerprint density at radius 2 is 2.14 bits per heavy atom. The average molecular weight is 311 g/mol. The van der Waals surface area contributed by atoms with Crippen LogP contribution >= 0.6 is 11.6 Å². The van der Waals surface area contributed by atoms with Crippen molar-refractivity contribution in [3.63, 3.8) is 0 Å². The molecule has 7 heteroatoms. The summed E-state index contributed by atoms with van der Waals surface area (Å²) in [5, 5.41) is 14.3. The van der Waals surface area contributed by atoms with Crippen LogP contribution in [0.1, 0.15) is 25.3 Å². The van der Waals surface area contributed by atoms with E-state index in [1.165, 1.54) is 0 Å². The summed E-state index contributed by atoms with van der Waals surface area (Å²) in [6.45, 7) is 1.70. The predicted octanol–water partition coefficient (Wildman–Crippen LogP) is 2.27. The monoisotopic (exact) mass is 310 g/mol. The molecule has 0 radical (unpaired) electrons. The van der Waals surface area contributed by atoms with Crippen molar-refractivity contribution in [1.29, 1.82) is 0 Å². The maximum absolute atomic E-state index is 11.9. The quantitative estimate of drug-likeness (QED) is 0.777. The normalized spacial score (nSPS) is 14.3. The van der Waals surface area contributed by atoms with E-state index < -0.39 is 5.97 Å². The van der Waals surface area contributed by atoms with Gasteiger partial charge in [-0.3, -0.25) is 14.4 Å². The lowest BCUT2D eigenvalue weighted by molar-refractivity contribution is -0.138. The van der Waals surface area contributed by atoms with Crippen LogP contribution in [0.5, 0.6) is 0 Å². The third kappa shape index (κ3) is 3.95. The number of benzene rings is 1. The van der Waals surface area contributed by atoms with Gasteiger partial charge in [-0.2, -0.15) is 0 Å². The van der Waals surface area contributed by atoms with Gasteiger partial charge in [-0.25, -0.2) is 0 Å². The molecule has 0 bridgehead atoms. The highest BCUT2D eigenvalue weighted by molar-refractivity contribution is 6.34. The van der Waals surface area contributed by atoms with Crippen LogP contribution in [0.2, 0.25) is 5.02 Å². The van der Waals surface area contributed by atoms with Gasteiger partial charge in [-0.1, -0.05) is 18.5 Å². The zero-order valence-corrected chi connectivity index (χ0v) is 12.2. The number of amides is 2. The molecule has 2 amide bonds. The third-order valence-corrected chi connectivity index (χ3v) is 3.46. The highest BCUT2D eigenvalue weighted by atomic mass is 35.5. The molecule has 0 aliphatic carbocycles. The number of carboxylic acids is 1. The van der Waals surface area contributed by atoms with Gasteiger partial charge in [0.1, 0.15) is 0 Å². The number of carboxylic acid groups (broad SMARTS) is 1. The summed E-state index contributed by atoms with van der Waals surface area (Å²) in [5.74, 6) is -1.61. The first kappa shape index (κ1) is 15.3. The predicted molar refractivity (Wildman–Crippen MR) is 78.4 cm³/mol. The number of anilines is 2. The van der Waals surface area contributed by atoms with Gasteiger partial charge in [0.15, 0.2) is 0 Å². The first-order valence-electron chi connectivity index (χ1n) is 6.49. The van der Waals surface area contributed by atoms with E-state index >= 15 is 0 Å². The van der Waals surface area contributed by atoms with E-state index in [1.807, 2.05) is 0 Å². The number of fused-ring (bicyclic) bond motifs is 1. The fourth-order valence-corrected chi connectivity index (χ4v) is 2.44. The molecule has 0 aromatic heterocycles. The minimum atomic E-state index is -0.935. The Morgan fingerprint density at radius 3 is 2.81 bits per heavy atom. The Bertz CT molecular complexity index is 615. The second-order valence-corrected chi connectivity index (χ2v) is 5.58. The van der Waals surface area contributed by atoms with Crippen molar-refractivity contribution < 1.29 is 19.5 Å². The SMILES string of the molecule is CC(CC(=O)O)CC(=O)Nc1cc2c(cc1Cl)NC(=O)C2. The molecule has 1 aliphatic heterocycles. The van der Waals surface area contributed by atoms with E-state index in [1.54, 1.807) is 19.1 Å². The van der Waals surface area contributed by atoms with Crippen molar-refractivity contribution in [2.45, 2.75) is 26.2 Å². The Kier molecular flexibility index (Phi) is 4.47. The minimum absolute atomic E-state index is 0.0657. The Hall–Kier alpha value is -2.08. The van der Waals surface area contributed by atoms with Crippen LogP contribution in [0.4, 0.5) is 11.4 Å². The number of rotatable bonds is 5. The lowest BCUT2D eigenvalue weighted by Crippen LogP contribution is -2.17. The van der Waals surface area contributed by atoms with E-state index in [9.17, 15) is 14.4 Å². The summed E-state index contributed by atoms with van der Waals surface area (Å²) in [5.41, 5.74) is 1.86. The van der Waals surface area contributed by atoms with Gasteiger partial charge in [0.2, 0.25) is 11.8 Å². The molecule has 6 nitrogen and oxygen atoms in total. The molecule has 0 fully saturated rings. The van der Waals surface area contributed by atoms with E-state index in [4.69, 9.17) is 16.7 Å². The van der Waals surface area contributed by atoms with Gasteiger partial charge in [-0.05, 0) is 23.6 Å². The lowest BCUT2D eigenvalue weighted by atomic mass is 10.0. The molecule has 0 saturated heterocycles. The zero-order valence-electron chi connectivity index (χ0n) is 11.4. The summed E-state index contributed by atoms with van der Waals surface area (Å²) in [4.78, 5) is 33.7. The minimum Gasteiger partial charge on any atom is -0.481 e. The summed E-state index contributed by atoms with van der Waals surface area (Å²) in [7, 11) is 0. The molecule has 21 heavy (non-hydrogen) atoms. The van der Waals surface area contributed by atoms with Crippen molar-refractivity contribution in [3.8, 4) is 0 Å². The maximum Gasteiger partial charge on any atom is 0.303 e. The van der Waals surface area contributed by atoms with E-state index in [2.05, 4.69) is 10.6 Å². The van der Waals surface area contributed by atoms with Crippen molar-refractivity contribution in [3.05, 3.63) is 22.7 Å². The molecule has 3 N–H and O–H groups in total. The van der Waals surface area contributed by atoms with Crippen LogP contribution in [-0.2, 0) is 20.8 Å². The van der Waals surface area contributed by atoms with Crippen LogP contribution in [0.25, 0.3) is 0 Å². The van der Waals surface area contributed by atoms with Crippen molar-refractivity contribution in [2.24, 2.45) is 5.92 Å². The van der Waals surface area contributed by atoms with Gasteiger partial charge in [0.25, 0.3) is 0 Å². The van der Waals surface area contributed by atoms with Gasteiger partial charge in [-0.15, -0.1) is 0 Å². The molecule has 1 aromatic carbocycles. The Morgan fingerprint density at radius 1 is 1.43 bits per heavy atom. The van der Waals surface area contributed by atoms with Gasteiger partial charge < -0.3 is 15.7 Å². The first-order chi connectivity index (χ1) is 9.85. The first-order valence-corrected chi connectivity index (χ1v) is 6.87. The maximum atomic E-state index is 11.9. The second-order valence-electron chi connectivity index (χ2n) is 5.17. The lowest BCUT2D eigenvalue weighted by Gasteiger charge is -2.12. The van der Waals surface area contributed by atoms with E-state index in [0.717, 1.165) is 5.56 Å². The summed E-state index contributed by atoms with van der Waals surface area (Å²) < 4.78 is 0. The topological polar surface area (TPSA) is 95.5 Å². The molecule has 2 rings (SSSR count). The molecule has 1 heterocycles. The molecular formula is C14H15ClN2O4. The molecule has 1 aromatic rings. The van der Waals surface area contributed by atoms with Crippen molar-refractivity contribution in [2.75, 3.05) is 10.6 Å². The van der Waals surface area contributed by atoms with E-state index in [-0.39, 0.29) is 37.0 Å². The molecule has 112 valence electrons. The largest absolute Gasteiger partial charge is 0.481 e. The number of hydrogen-bond donors (Lipinski definition) is 3. The number of carbonyl (C=O) groups excluding carboxylic acids is 2. The molecule has 0 spiro atoms. The third-order valence-electron chi connectivity index (χ3n) is 3.15. The second kappa shape index (κ2) is 6.13. The van der Waals surface area contributed by atoms with Gasteiger partial charge >= 0.3 is 5.97 Å². The molecule has 0 saturated carbocycles. The number of aliphatic carboxylic acids is 1. The molecular weight excluding hydrogens is 296 g/mol. The molecule has 1 atom stereocenters. The molecule has 1 unspecified atom stereocenters. The average Bonchev–Trinajstić information content (AvgIpc) is 2.67. The van der Waals surface area contributed by atoms with Crippen LogP contribution in [0, 0.1) is 5.92 Å². The van der Waals surface area contributed by atoms with Crippen molar-refractivity contribution in [1.82, 2.24) is 0 Å². The number of hydrogen-bond acceptors (Lipinski definition) is 3. The van der Waals surface area contributed by atoms with Crippen LogP contribution < -0.4 is 10.6 Å². The summed E-state index contributed by atoms with van der Waals surface area (Å²) in [6.07, 6.45) is 0.283. The fourth-order valence-electron chi connectivity index (χ4n) is 2.23. The fraction of sp³-hybridized carbons (Fsp3) is 0.357. The Labute approximate surface area is 126 Å². The van der Waals surface area contributed by atoms with Crippen LogP contribution in [0.15, 0.2) is 12.1 Å². The standard InChI is InChI=1S/C14H15ClN2O4/c1-7(3-14(20)21)2-12(18)17-11-4-8-5-13(19)16-10(8)6-9(11)15/h4,6-7H,2-3,5H2,1H3,(H,16,19)(H,17,18)(H,20,21). The zero-order chi connectivity index (χ0) is 15.6.